The summed E-state index contributed by atoms with van der Waals surface area (Å²) in [4.78, 5) is 9.25. The second-order valence-corrected chi connectivity index (χ2v) is 6.44. The molecule has 26 heavy (non-hydrogen) atoms. The predicted molar refractivity (Wildman–Crippen MR) is 103 cm³/mol. The van der Waals surface area contributed by atoms with Crippen molar-refractivity contribution in [3.8, 4) is 23.0 Å². The molecule has 1 aromatic carbocycles. The van der Waals surface area contributed by atoms with Gasteiger partial charge in [0.1, 0.15) is 5.65 Å². The average molecular weight is 412 g/mol. The molecular formula is C19H14BrN3O3. The van der Waals surface area contributed by atoms with Crippen LogP contribution in [0, 0.1) is 0 Å². The van der Waals surface area contributed by atoms with Crippen molar-refractivity contribution in [2.24, 2.45) is 4.99 Å². The summed E-state index contributed by atoms with van der Waals surface area (Å²) < 4.78 is 13.4. The second kappa shape index (κ2) is 6.68. The summed E-state index contributed by atoms with van der Waals surface area (Å²) in [5.74, 6) is 1.75. The molecule has 0 radical (unpaired) electrons. The van der Waals surface area contributed by atoms with Crippen LogP contribution in [-0.4, -0.2) is 27.8 Å². The highest BCUT2D eigenvalue weighted by Crippen LogP contribution is 2.32. The zero-order valence-electron chi connectivity index (χ0n) is 13.8. The Labute approximate surface area is 157 Å². The van der Waals surface area contributed by atoms with E-state index in [1.807, 2.05) is 34.9 Å². The molecule has 0 saturated carbocycles. The van der Waals surface area contributed by atoms with Crippen LogP contribution in [0.1, 0.15) is 5.56 Å². The maximum absolute atomic E-state index is 9.73. The SMILES string of the molecule is COc1cc(C=Nc2c(-c3ccco3)nc3ccc(Br)cn23)ccc1O. The van der Waals surface area contributed by atoms with E-state index in [1.165, 1.54) is 7.11 Å². The molecule has 6 nitrogen and oxygen atoms in total. The van der Waals surface area contributed by atoms with E-state index >= 15 is 0 Å². The third-order valence-electron chi connectivity index (χ3n) is 3.85. The van der Waals surface area contributed by atoms with Crippen LogP contribution in [0.2, 0.25) is 0 Å². The molecule has 1 N–H and O–H groups in total. The van der Waals surface area contributed by atoms with Gasteiger partial charge in [0.25, 0.3) is 0 Å². The molecule has 0 aliphatic heterocycles. The van der Waals surface area contributed by atoms with E-state index in [0.29, 0.717) is 23.0 Å². The topological polar surface area (TPSA) is 72.3 Å². The van der Waals surface area contributed by atoms with E-state index < -0.39 is 0 Å². The van der Waals surface area contributed by atoms with Gasteiger partial charge in [0.15, 0.2) is 28.8 Å². The summed E-state index contributed by atoms with van der Waals surface area (Å²) in [6.07, 6.45) is 5.20. The first kappa shape index (κ1) is 16.4. The maximum Gasteiger partial charge on any atom is 0.168 e. The van der Waals surface area contributed by atoms with Gasteiger partial charge in [-0.05, 0) is 64.0 Å². The number of fused-ring (bicyclic) bond motifs is 1. The number of aromatic hydroxyl groups is 1. The van der Waals surface area contributed by atoms with Crippen LogP contribution in [0.4, 0.5) is 5.82 Å². The number of hydrogen-bond acceptors (Lipinski definition) is 5. The van der Waals surface area contributed by atoms with Gasteiger partial charge in [-0.25, -0.2) is 9.98 Å². The third kappa shape index (κ3) is 2.97. The summed E-state index contributed by atoms with van der Waals surface area (Å²) in [7, 11) is 1.51. The molecule has 0 bridgehead atoms. The molecule has 0 saturated heterocycles. The Morgan fingerprint density at radius 1 is 1.27 bits per heavy atom. The highest BCUT2D eigenvalue weighted by molar-refractivity contribution is 9.10. The van der Waals surface area contributed by atoms with Crippen molar-refractivity contribution in [2.75, 3.05) is 7.11 Å². The Balaban J connectivity index is 1.84. The Kier molecular flexibility index (Phi) is 4.22. The number of halogens is 1. The zero-order chi connectivity index (χ0) is 18.1. The fourth-order valence-corrected chi connectivity index (χ4v) is 2.96. The molecule has 4 rings (SSSR count). The fourth-order valence-electron chi connectivity index (χ4n) is 2.62. The first-order valence-corrected chi connectivity index (χ1v) is 8.57. The quantitative estimate of drug-likeness (QED) is 0.488. The van der Waals surface area contributed by atoms with Gasteiger partial charge in [0, 0.05) is 16.9 Å². The van der Waals surface area contributed by atoms with Gasteiger partial charge >= 0.3 is 0 Å². The lowest BCUT2D eigenvalue weighted by Crippen LogP contribution is -1.88. The van der Waals surface area contributed by atoms with Crippen LogP contribution >= 0.6 is 15.9 Å². The Hall–Kier alpha value is -3.06. The Morgan fingerprint density at radius 2 is 2.15 bits per heavy atom. The predicted octanol–water partition coefficient (Wildman–Crippen LogP) is 4.82. The average Bonchev–Trinajstić information content (AvgIpc) is 3.28. The number of imidazole rings is 1. The second-order valence-electron chi connectivity index (χ2n) is 5.53. The van der Waals surface area contributed by atoms with Gasteiger partial charge < -0.3 is 14.3 Å². The molecule has 0 amide bonds. The van der Waals surface area contributed by atoms with Crippen molar-refractivity contribution in [1.29, 1.82) is 0 Å². The largest absolute Gasteiger partial charge is 0.504 e. The van der Waals surface area contributed by atoms with Gasteiger partial charge in [0.2, 0.25) is 0 Å². The fraction of sp³-hybridized carbons (Fsp3) is 0.0526. The standard InChI is InChI=1S/C19H14BrN3O3/c1-25-16-9-12(4-6-14(16)24)10-21-19-18(15-3-2-8-26-15)22-17-7-5-13(20)11-23(17)19/h2-11,24H,1H3. The molecule has 7 heteroatoms. The van der Waals surface area contributed by atoms with E-state index in [1.54, 1.807) is 30.7 Å². The minimum atomic E-state index is 0.0830. The molecule has 3 aromatic heterocycles. The summed E-state index contributed by atoms with van der Waals surface area (Å²) >= 11 is 3.48. The van der Waals surface area contributed by atoms with E-state index in [2.05, 4.69) is 25.9 Å². The first-order chi connectivity index (χ1) is 12.7. The van der Waals surface area contributed by atoms with Crippen molar-refractivity contribution in [3.63, 3.8) is 0 Å². The normalized spacial score (nSPS) is 11.5. The molecule has 0 spiro atoms. The number of methoxy groups -OCH3 is 1. The molecule has 0 fully saturated rings. The summed E-state index contributed by atoms with van der Waals surface area (Å²) in [6, 6.07) is 12.5. The molecule has 4 aromatic rings. The van der Waals surface area contributed by atoms with Crippen LogP contribution in [0.25, 0.3) is 17.1 Å². The number of furan rings is 1. The van der Waals surface area contributed by atoms with Crippen LogP contribution < -0.4 is 4.74 Å². The summed E-state index contributed by atoms with van der Waals surface area (Å²) in [5, 5.41) is 9.73. The molecule has 0 unspecified atom stereocenters. The van der Waals surface area contributed by atoms with Gasteiger partial charge in [-0.3, -0.25) is 4.40 Å². The lowest BCUT2D eigenvalue weighted by molar-refractivity contribution is 0.373. The number of aliphatic imine (C=N–C) groups is 1. The van der Waals surface area contributed by atoms with Gasteiger partial charge in [-0.1, -0.05) is 0 Å². The minimum absolute atomic E-state index is 0.0830. The van der Waals surface area contributed by atoms with E-state index in [-0.39, 0.29) is 5.75 Å². The van der Waals surface area contributed by atoms with E-state index in [0.717, 1.165) is 15.7 Å². The van der Waals surface area contributed by atoms with Crippen LogP contribution in [0.3, 0.4) is 0 Å². The van der Waals surface area contributed by atoms with Crippen LogP contribution in [-0.2, 0) is 0 Å². The zero-order valence-corrected chi connectivity index (χ0v) is 15.3. The van der Waals surface area contributed by atoms with Gasteiger partial charge in [-0.15, -0.1) is 0 Å². The molecule has 3 heterocycles. The minimum Gasteiger partial charge on any atom is -0.504 e. The molecule has 130 valence electrons. The van der Waals surface area contributed by atoms with Crippen LogP contribution in [0.5, 0.6) is 11.5 Å². The highest BCUT2D eigenvalue weighted by Gasteiger charge is 2.15. The molecule has 0 aliphatic carbocycles. The van der Waals surface area contributed by atoms with Gasteiger partial charge in [0.05, 0.1) is 13.4 Å². The highest BCUT2D eigenvalue weighted by atomic mass is 79.9. The lowest BCUT2D eigenvalue weighted by Gasteiger charge is -2.03. The lowest BCUT2D eigenvalue weighted by atomic mass is 10.2. The molecular weight excluding hydrogens is 398 g/mol. The number of rotatable bonds is 4. The Bertz CT molecular complexity index is 1100. The van der Waals surface area contributed by atoms with Gasteiger partial charge in [-0.2, -0.15) is 0 Å². The number of ether oxygens (including phenoxy) is 1. The number of benzene rings is 1. The Morgan fingerprint density at radius 3 is 2.92 bits per heavy atom. The number of pyridine rings is 1. The number of nitrogens with zero attached hydrogens (tertiary/aromatic N) is 3. The molecule has 0 atom stereocenters. The summed E-state index contributed by atoms with van der Waals surface area (Å²) in [6.45, 7) is 0. The van der Waals surface area contributed by atoms with Crippen LogP contribution in [0.15, 0.2) is 68.8 Å². The number of phenolic OH excluding ortho intramolecular Hbond substituents is 1. The van der Waals surface area contributed by atoms with E-state index in [4.69, 9.17) is 9.15 Å². The molecule has 0 aliphatic rings. The summed E-state index contributed by atoms with van der Waals surface area (Å²) in [5.41, 5.74) is 2.19. The van der Waals surface area contributed by atoms with E-state index in [9.17, 15) is 5.11 Å². The van der Waals surface area contributed by atoms with Crippen molar-refractivity contribution in [3.05, 3.63) is 65.0 Å². The van der Waals surface area contributed by atoms with Crippen molar-refractivity contribution < 1.29 is 14.3 Å². The maximum atomic E-state index is 9.73. The number of aromatic nitrogens is 2. The van der Waals surface area contributed by atoms with Crippen molar-refractivity contribution in [2.45, 2.75) is 0 Å². The smallest absolute Gasteiger partial charge is 0.168 e. The van der Waals surface area contributed by atoms with Crippen molar-refractivity contribution >= 4 is 33.6 Å². The number of phenols is 1. The third-order valence-corrected chi connectivity index (χ3v) is 4.32. The van der Waals surface area contributed by atoms with Crippen molar-refractivity contribution in [1.82, 2.24) is 9.38 Å². The first-order valence-electron chi connectivity index (χ1n) is 7.78. The monoisotopic (exact) mass is 411 g/mol. The number of hydrogen-bond donors (Lipinski definition) is 1.